The number of pyridine rings is 1. The van der Waals surface area contributed by atoms with Crippen molar-refractivity contribution in [2.75, 3.05) is 6.54 Å². The van der Waals surface area contributed by atoms with Gasteiger partial charge < -0.3 is 10.4 Å². The molecule has 5 heteroatoms. The van der Waals surface area contributed by atoms with Gasteiger partial charge in [0, 0.05) is 30.4 Å². The van der Waals surface area contributed by atoms with E-state index >= 15 is 0 Å². The average Bonchev–Trinajstić information content (AvgIpc) is 2.54. The van der Waals surface area contributed by atoms with Crippen molar-refractivity contribution in [1.82, 2.24) is 10.3 Å². The number of aromatic nitrogens is 1. The van der Waals surface area contributed by atoms with E-state index in [0.717, 1.165) is 12.1 Å². The summed E-state index contributed by atoms with van der Waals surface area (Å²) in [6, 6.07) is 11.7. The third-order valence-electron chi connectivity index (χ3n) is 3.32. The molecular formula is C17H19FN2O2. The Bertz CT molecular complexity index is 605. The molecular weight excluding hydrogens is 283 g/mol. The standard InChI is InChI=1S/C17H19FN2O2/c18-15-9-2-1-8-14(15)16(21)12-20-17(22)10-5-7-13-6-3-4-11-19-13/h1-4,6,8-9,11,16,21H,5,7,10,12H2,(H,20,22). The van der Waals surface area contributed by atoms with E-state index in [4.69, 9.17) is 0 Å². The summed E-state index contributed by atoms with van der Waals surface area (Å²) in [4.78, 5) is 15.9. The summed E-state index contributed by atoms with van der Waals surface area (Å²) in [5.41, 5.74) is 1.14. The zero-order chi connectivity index (χ0) is 15.8. The molecule has 0 spiro atoms. The van der Waals surface area contributed by atoms with Crippen LogP contribution >= 0.6 is 0 Å². The quantitative estimate of drug-likeness (QED) is 0.825. The number of nitrogens with one attached hydrogen (secondary N) is 1. The van der Waals surface area contributed by atoms with Gasteiger partial charge in [0.2, 0.25) is 5.91 Å². The van der Waals surface area contributed by atoms with Crippen LogP contribution in [0.2, 0.25) is 0 Å². The lowest BCUT2D eigenvalue weighted by Crippen LogP contribution is -2.28. The highest BCUT2D eigenvalue weighted by Crippen LogP contribution is 2.15. The zero-order valence-corrected chi connectivity index (χ0v) is 12.2. The maximum absolute atomic E-state index is 13.5. The van der Waals surface area contributed by atoms with Gasteiger partial charge in [-0.1, -0.05) is 24.3 Å². The highest BCUT2D eigenvalue weighted by molar-refractivity contribution is 5.75. The van der Waals surface area contributed by atoms with E-state index in [1.54, 1.807) is 18.3 Å². The summed E-state index contributed by atoms with van der Waals surface area (Å²) in [5, 5.41) is 12.5. The summed E-state index contributed by atoms with van der Waals surface area (Å²) < 4.78 is 13.5. The van der Waals surface area contributed by atoms with Gasteiger partial charge in [-0.05, 0) is 31.0 Å². The van der Waals surface area contributed by atoms with Crippen LogP contribution in [-0.2, 0) is 11.2 Å². The Morgan fingerprint density at radius 1 is 1.23 bits per heavy atom. The van der Waals surface area contributed by atoms with Crippen molar-refractivity contribution in [2.45, 2.75) is 25.4 Å². The first-order chi connectivity index (χ1) is 10.7. The second kappa shape index (κ2) is 8.24. The van der Waals surface area contributed by atoms with Gasteiger partial charge in [-0.25, -0.2) is 4.39 Å². The molecule has 0 saturated carbocycles. The summed E-state index contributed by atoms with van der Waals surface area (Å²) in [5.74, 6) is -0.634. The maximum atomic E-state index is 13.5. The van der Waals surface area contributed by atoms with Crippen LogP contribution in [0.25, 0.3) is 0 Å². The largest absolute Gasteiger partial charge is 0.386 e. The van der Waals surface area contributed by atoms with E-state index in [2.05, 4.69) is 10.3 Å². The second-order valence-electron chi connectivity index (χ2n) is 5.02. The number of carbonyl (C=O) groups is 1. The molecule has 116 valence electrons. The SMILES string of the molecule is O=C(CCCc1ccccn1)NCC(O)c1ccccc1F. The van der Waals surface area contributed by atoms with Crippen LogP contribution in [0.5, 0.6) is 0 Å². The maximum Gasteiger partial charge on any atom is 0.220 e. The number of halogens is 1. The lowest BCUT2D eigenvalue weighted by molar-refractivity contribution is -0.121. The number of carbonyl (C=O) groups excluding carboxylic acids is 1. The second-order valence-corrected chi connectivity index (χ2v) is 5.02. The molecule has 4 nitrogen and oxygen atoms in total. The van der Waals surface area contributed by atoms with E-state index in [1.807, 2.05) is 18.2 Å². The predicted octanol–water partition coefficient (Wildman–Crippen LogP) is 2.39. The summed E-state index contributed by atoms with van der Waals surface area (Å²) in [7, 11) is 0. The van der Waals surface area contributed by atoms with Crippen molar-refractivity contribution in [1.29, 1.82) is 0 Å². The number of benzene rings is 1. The fourth-order valence-corrected chi connectivity index (χ4v) is 2.13. The van der Waals surface area contributed by atoms with E-state index in [-0.39, 0.29) is 18.0 Å². The highest BCUT2D eigenvalue weighted by atomic mass is 19.1. The van der Waals surface area contributed by atoms with E-state index in [1.165, 1.54) is 12.1 Å². The third kappa shape index (κ3) is 4.93. The summed E-state index contributed by atoms with van der Waals surface area (Å²) in [6.45, 7) is 0.00333. The molecule has 0 fully saturated rings. The fraction of sp³-hybridized carbons (Fsp3) is 0.294. The number of rotatable bonds is 7. The molecule has 1 unspecified atom stereocenters. The van der Waals surface area contributed by atoms with E-state index in [0.29, 0.717) is 12.8 Å². The molecule has 1 amide bonds. The fourth-order valence-electron chi connectivity index (χ4n) is 2.13. The Balaban J connectivity index is 1.70. The van der Waals surface area contributed by atoms with Crippen molar-refractivity contribution in [3.05, 3.63) is 65.7 Å². The average molecular weight is 302 g/mol. The van der Waals surface area contributed by atoms with Crippen molar-refractivity contribution < 1.29 is 14.3 Å². The van der Waals surface area contributed by atoms with Gasteiger partial charge in [0.1, 0.15) is 5.82 Å². The van der Waals surface area contributed by atoms with Gasteiger partial charge in [-0.3, -0.25) is 9.78 Å². The number of aryl methyl sites for hydroxylation is 1. The number of hydrogen-bond acceptors (Lipinski definition) is 3. The molecule has 2 rings (SSSR count). The third-order valence-corrected chi connectivity index (χ3v) is 3.32. The summed E-state index contributed by atoms with van der Waals surface area (Å²) in [6.07, 6.45) is 2.43. The number of aliphatic hydroxyl groups is 1. The molecule has 1 heterocycles. The van der Waals surface area contributed by atoms with Gasteiger partial charge in [0.15, 0.2) is 0 Å². The Kier molecular flexibility index (Phi) is 6.03. The van der Waals surface area contributed by atoms with Crippen LogP contribution in [0.4, 0.5) is 4.39 Å². The topological polar surface area (TPSA) is 62.2 Å². The molecule has 1 aromatic carbocycles. The number of amides is 1. The van der Waals surface area contributed by atoms with Crippen molar-refractivity contribution >= 4 is 5.91 Å². The minimum Gasteiger partial charge on any atom is -0.386 e. The summed E-state index contributed by atoms with van der Waals surface area (Å²) >= 11 is 0. The van der Waals surface area contributed by atoms with Crippen molar-refractivity contribution in [3.8, 4) is 0 Å². The van der Waals surface area contributed by atoms with Gasteiger partial charge in [-0.15, -0.1) is 0 Å². The van der Waals surface area contributed by atoms with E-state index in [9.17, 15) is 14.3 Å². The Hall–Kier alpha value is -2.27. The minimum atomic E-state index is -1.04. The Labute approximate surface area is 129 Å². The van der Waals surface area contributed by atoms with Gasteiger partial charge in [0.25, 0.3) is 0 Å². The highest BCUT2D eigenvalue weighted by Gasteiger charge is 2.13. The Morgan fingerprint density at radius 2 is 2.00 bits per heavy atom. The molecule has 0 aliphatic rings. The Morgan fingerprint density at radius 3 is 2.73 bits per heavy atom. The van der Waals surface area contributed by atoms with Gasteiger partial charge >= 0.3 is 0 Å². The lowest BCUT2D eigenvalue weighted by Gasteiger charge is -2.13. The van der Waals surface area contributed by atoms with Crippen molar-refractivity contribution in [2.24, 2.45) is 0 Å². The molecule has 0 radical (unpaired) electrons. The molecule has 2 aromatic rings. The van der Waals surface area contributed by atoms with Crippen LogP contribution in [-0.4, -0.2) is 22.5 Å². The smallest absolute Gasteiger partial charge is 0.220 e. The van der Waals surface area contributed by atoms with Crippen LogP contribution < -0.4 is 5.32 Å². The molecule has 0 saturated heterocycles. The first-order valence-corrected chi connectivity index (χ1v) is 7.26. The lowest BCUT2D eigenvalue weighted by atomic mass is 10.1. The van der Waals surface area contributed by atoms with Crippen molar-refractivity contribution in [3.63, 3.8) is 0 Å². The first kappa shape index (κ1) is 16.1. The molecule has 0 aliphatic carbocycles. The number of aliphatic hydroxyl groups excluding tert-OH is 1. The zero-order valence-electron chi connectivity index (χ0n) is 12.2. The van der Waals surface area contributed by atoms with Gasteiger partial charge in [0.05, 0.1) is 6.10 Å². The van der Waals surface area contributed by atoms with Crippen LogP contribution in [0, 0.1) is 5.82 Å². The minimum absolute atomic E-state index is 0.00333. The molecule has 2 N–H and O–H groups in total. The predicted molar refractivity (Wildman–Crippen MR) is 81.5 cm³/mol. The molecule has 1 aromatic heterocycles. The molecule has 0 aliphatic heterocycles. The number of nitrogens with zero attached hydrogens (tertiary/aromatic N) is 1. The molecule has 0 bridgehead atoms. The normalized spacial score (nSPS) is 11.9. The molecule has 1 atom stereocenters. The number of hydrogen-bond donors (Lipinski definition) is 2. The molecule has 22 heavy (non-hydrogen) atoms. The first-order valence-electron chi connectivity index (χ1n) is 7.26. The van der Waals surface area contributed by atoms with E-state index < -0.39 is 11.9 Å². The van der Waals surface area contributed by atoms with Crippen LogP contribution in [0.15, 0.2) is 48.7 Å². The van der Waals surface area contributed by atoms with Crippen LogP contribution in [0.1, 0.15) is 30.2 Å². The monoisotopic (exact) mass is 302 g/mol. The van der Waals surface area contributed by atoms with Gasteiger partial charge in [-0.2, -0.15) is 0 Å². The van der Waals surface area contributed by atoms with Crippen LogP contribution in [0.3, 0.4) is 0 Å².